The molecule has 84 valence electrons. The molecule has 0 radical (unpaired) electrons. The number of anilines is 1. The third-order valence-electron chi connectivity index (χ3n) is 3.00. The highest BCUT2D eigenvalue weighted by Gasteiger charge is 2.06. The summed E-state index contributed by atoms with van der Waals surface area (Å²) in [6.07, 6.45) is 0. The van der Waals surface area contributed by atoms with Crippen molar-refractivity contribution in [3.05, 3.63) is 29.3 Å². The SMILES string of the molecule is CCN(CC)c1ccc(C(C)C)c(C)c1. The third kappa shape index (κ3) is 2.74. The van der Waals surface area contributed by atoms with Crippen LogP contribution in [0.3, 0.4) is 0 Å². The molecule has 0 spiro atoms. The first-order valence-electron chi connectivity index (χ1n) is 5.95. The molecular formula is C14H23N. The standard InChI is InChI=1S/C14H23N/c1-6-15(7-2)13-8-9-14(11(3)4)12(5)10-13/h8-11H,6-7H2,1-5H3. The van der Waals surface area contributed by atoms with Gasteiger partial charge in [-0.1, -0.05) is 19.9 Å². The van der Waals surface area contributed by atoms with Gasteiger partial charge in [0.15, 0.2) is 0 Å². The van der Waals surface area contributed by atoms with E-state index in [9.17, 15) is 0 Å². The van der Waals surface area contributed by atoms with E-state index in [2.05, 4.69) is 57.7 Å². The Morgan fingerprint density at radius 3 is 2.13 bits per heavy atom. The number of hydrogen-bond donors (Lipinski definition) is 0. The second-order valence-electron chi connectivity index (χ2n) is 4.37. The zero-order valence-electron chi connectivity index (χ0n) is 10.7. The molecule has 0 aliphatic carbocycles. The molecule has 15 heavy (non-hydrogen) atoms. The fraction of sp³-hybridized carbons (Fsp3) is 0.571. The monoisotopic (exact) mass is 205 g/mol. The van der Waals surface area contributed by atoms with Gasteiger partial charge in [-0.15, -0.1) is 0 Å². The molecule has 1 rings (SSSR count). The summed E-state index contributed by atoms with van der Waals surface area (Å²) in [5, 5.41) is 0. The maximum atomic E-state index is 2.39. The van der Waals surface area contributed by atoms with Crippen molar-refractivity contribution >= 4 is 5.69 Å². The minimum absolute atomic E-state index is 0.621. The van der Waals surface area contributed by atoms with Crippen LogP contribution in [0.5, 0.6) is 0 Å². The molecular weight excluding hydrogens is 182 g/mol. The Balaban J connectivity index is 3.00. The Morgan fingerprint density at radius 1 is 1.13 bits per heavy atom. The fourth-order valence-corrected chi connectivity index (χ4v) is 2.09. The van der Waals surface area contributed by atoms with E-state index in [-0.39, 0.29) is 0 Å². The molecule has 0 atom stereocenters. The van der Waals surface area contributed by atoms with Gasteiger partial charge in [0.25, 0.3) is 0 Å². The van der Waals surface area contributed by atoms with Gasteiger partial charge in [0.1, 0.15) is 0 Å². The van der Waals surface area contributed by atoms with Crippen molar-refractivity contribution in [3.63, 3.8) is 0 Å². The Labute approximate surface area is 94.1 Å². The predicted octanol–water partition coefficient (Wildman–Crippen LogP) is 3.96. The lowest BCUT2D eigenvalue weighted by Crippen LogP contribution is -2.21. The summed E-state index contributed by atoms with van der Waals surface area (Å²) in [6, 6.07) is 6.82. The first kappa shape index (κ1) is 12.1. The van der Waals surface area contributed by atoms with Gasteiger partial charge in [-0.3, -0.25) is 0 Å². The van der Waals surface area contributed by atoms with Gasteiger partial charge in [0.05, 0.1) is 0 Å². The Morgan fingerprint density at radius 2 is 1.73 bits per heavy atom. The summed E-state index contributed by atoms with van der Waals surface area (Å²) in [5.41, 5.74) is 4.22. The molecule has 0 aromatic heterocycles. The van der Waals surface area contributed by atoms with Crippen LogP contribution in [-0.2, 0) is 0 Å². The zero-order valence-corrected chi connectivity index (χ0v) is 10.7. The van der Waals surface area contributed by atoms with E-state index >= 15 is 0 Å². The van der Waals surface area contributed by atoms with Crippen molar-refractivity contribution in [2.45, 2.75) is 40.5 Å². The number of benzene rings is 1. The van der Waals surface area contributed by atoms with Gasteiger partial charge < -0.3 is 4.90 Å². The van der Waals surface area contributed by atoms with Crippen molar-refractivity contribution in [2.75, 3.05) is 18.0 Å². The van der Waals surface area contributed by atoms with Gasteiger partial charge in [0.2, 0.25) is 0 Å². The number of nitrogens with zero attached hydrogens (tertiary/aromatic N) is 1. The van der Waals surface area contributed by atoms with Gasteiger partial charge in [-0.25, -0.2) is 0 Å². The van der Waals surface area contributed by atoms with Gasteiger partial charge in [-0.05, 0) is 49.9 Å². The maximum Gasteiger partial charge on any atom is 0.0368 e. The molecule has 0 bridgehead atoms. The number of aryl methyl sites for hydroxylation is 1. The highest BCUT2D eigenvalue weighted by molar-refractivity contribution is 5.51. The van der Waals surface area contributed by atoms with Crippen LogP contribution >= 0.6 is 0 Å². The van der Waals surface area contributed by atoms with E-state index in [1.807, 2.05) is 0 Å². The average molecular weight is 205 g/mol. The largest absolute Gasteiger partial charge is 0.372 e. The first-order valence-corrected chi connectivity index (χ1v) is 5.95. The van der Waals surface area contributed by atoms with Gasteiger partial charge in [-0.2, -0.15) is 0 Å². The smallest absolute Gasteiger partial charge is 0.0368 e. The highest BCUT2D eigenvalue weighted by Crippen LogP contribution is 2.24. The third-order valence-corrected chi connectivity index (χ3v) is 3.00. The van der Waals surface area contributed by atoms with E-state index in [0.717, 1.165) is 13.1 Å². The maximum absolute atomic E-state index is 2.39. The molecule has 0 fully saturated rings. The Kier molecular flexibility index (Phi) is 4.19. The lowest BCUT2D eigenvalue weighted by Gasteiger charge is -2.22. The quantitative estimate of drug-likeness (QED) is 0.719. The first-order chi connectivity index (χ1) is 7.10. The molecule has 0 amide bonds. The van der Waals surface area contributed by atoms with Crippen molar-refractivity contribution in [2.24, 2.45) is 0 Å². The van der Waals surface area contributed by atoms with E-state index in [1.165, 1.54) is 16.8 Å². The fourth-order valence-electron chi connectivity index (χ4n) is 2.09. The van der Waals surface area contributed by atoms with Crippen molar-refractivity contribution in [1.29, 1.82) is 0 Å². The molecule has 0 saturated carbocycles. The molecule has 0 aliphatic rings. The number of hydrogen-bond acceptors (Lipinski definition) is 1. The van der Waals surface area contributed by atoms with Crippen LogP contribution in [0.15, 0.2) is 18.2 Å². The van der Waals surface area contributed by atoms with E-state index < -0.39 is 0 Å². The summed E-state index contributed by atoms with van der Waals surface area (Å²) >= 11 is 0. The van der Waals surface area contributed by atoms with Crippen molar-refractivity contribution in [1.82, 2.24) is 0 Å². The summed E-state index contributed by atoms with van der Waals surface area (Å²) in [6.45, 7) is 13.3. The molecule has 1 aromatic rings. The molecule has 1 heteroatoms. The Bertz CT molecular complexity index is 311. The lowest BCUT2D eigenvalue weighted by atomic mass is 9.97. The van der Waals surface area contributed by atoms with Crippen LogP contribution in [0, 0.1) is 6.92 Å². The Hall–Kier alpha value is -0.980. The molecule has 0 aliphatic heterocycles. The van der Waals surface area contributed by atoms with Gasteiger partial charge >= 0.3 is 0 Å². The topological polar surface area (TPSA) is 3.24 Å². The predicted molar refractivity (Wildman–Crippen MR) is 68.8 cm³/mol. The van der Waals surface area contributed by atoms with Gasteiger partial charge in [0, 0.05) is 18.8 Å². The molecule has 0 saturated heterocycles. The van der Waals surface area contributed by atoms with Crippen LogP contribution < -0.4 is 4.90 Å². The summed E-state index contributed by atoms with van der Waals surface area (Å²) in [5.74, 6) is 0.621. The van der Waals surface area contributed by atoms with E-state index in [4.69, 9.17) is 0 Å². The van der Waals surface area contributed by atoms with Crippen LogP contribution in [0.4, 0.5) is 5.69 Å². The summed E-state index contributed by atoms with van der Waals surface area (Å²) in [4.78, 5) is 2.39. The summed E-state index contributed by atoms with van der Waals surface area (Å²) < 4.78 is 0. The normalized spacial score (nSPS) is 10.8. The molecule has 1 nitrogen and oxygen atoms in total. The molecule has 0 heterocycles. The second kappa shape index (κ2) is 5.20. The van der Waals surface area contributed by atoms with Crippen LogP contribution in [-0.4, -0.2) is 13.1 Å². The van der Waals surface area contributed by atoms with Crippen molar-refractivity contribution in [3.8, 4) is 0 Å². The van der Waals surface area contributed by atoms with Crippen LogP contribution in [0.25, 0.3) is 0 Å². The average Bonchev–Trinajstić information content (AvgIpc) is 2.19. The van der Waals surface area contributed by atoms with Crippen molar-refractivity contribution < 1.29 is 0 Å². The molecule has 0 N–H and O–H groups in total. The molecule has 0 unspecified atom stereocenters. The zero-order chi connectivity index (χ0) is 11.4. The highest BCUT2D eigenvalue weighted by atomic mass is 15.1. The minimum atomic E-state index is 0.621. The summed E-state index contributed by atoms with van der Waals surface area (Å²) in [7, 11) is 0. The van der Waals surface area contributed by atoms with Crippen LogP contribution in [0.2, 0.25) is 0 Å². The second-order valence-corrected chi connectivity index (χ2v) is 4.37. The van der Waals surface area contributed by atoms with E-state index in [0.29, 0.717) is 5.92 Å². The lowest BCUT2D eigenvalue weighted by molar-refractivity contribution is 0.844. The number of rotatable bonds is 4. The van der Waals surface area contributed by atoms with E-state index in [1.54, 1.807) is 0 Å². The molecule has 1 aromatic carbocycles. The minimum Gasteiger partial charge on any atom is -0.372 e. The van der Waals surface area contributed by atoms with Crippen LogP contribution in [0.1, 0.15) is 44.7 Å².